The highest BCUT2D eigenvalue weighted by molar-refractivity contribution is 5.68. The van der Waals surface area contributed by atoms with Gasteiger partial charge in [-0.05, 0) is 12.1 Å². The lowest BCUT2D eigenvalue weighted by Gasteiger charge is -2.17. The van der Waals surface area contributed by atoms with Crippen LogP contribution in [-0.2, 0) is 0 Å². The number of nitrogens with zero attached hydrogens (tertiary/aromatic N) is 1. The van der Waals surface area contributed by atoms with Gasteiger partial charge in [0.2, 0.25) is 0 Å². The first kappa shape index (κ1) is 11.4. The second-order valence-electron chi connectivity index (χ2n) is 3.51. The summed E-state index contributed by atoms with van der Waals surface area (Å²) >= 11 is 0. The summed E-state index contributed by atoms with van der Waals surface area (Å²) in [5, 5.41) is 3.02. The quantitative estimate of drug-likeness (QED) is 0.815. The Bertz CT molecular complexity index is 359. The summed E-state index contributed by atoms with van der Waals surface area (Å²) < 4.78 is 5.33. The molecule has 0 saturated carbocycles. The van der Waals surface area contributed by atoms with Crippen molar-refractivity contribution in [3.63, 3.8) is 0 Å². The highest BCUT2D eigenvalue weighted by Gasteiger charge is 2.06. The minimum Gasteiger partial charge on any atom is -0.495 e. The molecule has 3 nitrogen and oxygen atoms in total. The zero-order valence-corrected chi connectivity index (χ0v) is 9.79. The summed E-state index contributed by atoms with van der Waals surface area (Å²) in [5.41, 5.74) is 2.99. The third-order valence-corrected chi connectivity index (χ3v) is 2.31. The zero-order chi connectivity index (χ0) is 11.4. The molecule has 0 atom stereocenters. The summed E-state index contributed by atoms with van der Waals surface area (Å²) in [6.07, 6.45) is 0. The molecule has 1 aromatic rings. The van der Waals surface area contributed by atoms with Gasteiger partial charge in [0, 0.05) is 32.4 Å². The first-order chi connectivity index (χ1) is 7.10. The first-order valence-corrected chi connectivity index (χ1v) is 4.82. The second kappa shape index (κ2) is 4.73. The van der Waals surface area contributed by atoms with Crippen molar-refractivity contribution >= 4 is 11.4 Å². The number of methoxy groups -OCH3 is 1. The van der Waals surface area contributed by atoms with Crippen molar-refractivity contribution in [3.8, 4) is 5.75 Å². The number of hydrogen-bond acceptors (Lipinski definition) is 3. The lowest BCUT2D eigenvalue weighted by atomic mass is 10.1. The largest absolute Gasteiger partial charge is 0.495 e. The van der Waals surface area contributed by atoms with Gasteiger partial charge in [0.1, 0.15) is 5.75 Å². The molecule has 0 unspecified atom stereocenters. The van der Waals surface area contributed by atoms with Gasteiger partial charge in [0.15, 0.2) is 0 Å². The van der Waals surface area contributed by atoms with E-state index in [1.165, 1.54) is 0 Å². The Morgan fingerprint density at radius 1 is 1.40 bits per heavy atom. The van der Waals surface area contributed by atoms with Crippen molar-refractivity contribution < 1.29 is 4.74 Å². The lowest BCUT2D eigenvalue weighted by Crippen LogP contribution is -2.11. The smallest absolute Gasteiger partial charge is 0.142 e. The summed E-state index contributed by atoms with van der Waals surface area (Å²) in [6, 6.07) is 6.03. The molecular weight excluding hydrogens is 188 g/mol. The first-order valence-electron chi connectivity index (χ1n) is 4.82. The molecule has 3 heteroatoms. The Balaban J connectivity index is 3.13. The normalized spacial score (nSPS) is 9.60. The Kier molecular flexibility index (Phi) is 3.61. The molecule has 0 fully saturated rings. The van der Waals surface area contributed by atoms with Crippen molar-refractivity contribution in [2.45, 2.75) is 0 Å². The van der Waals surface area contributed by atoms with Gasteiger partial charge in [0.25, 0.3) is 0 Å². The summed E-state index contributed by atoms with van der Waals surface area (Å²) in [5.74, 6) is 0.855. The molecule has 1 rings (SSSR count). The topological polar surface area (TPSA) is 24.5 Å². The van der Waals surface area contributed by atoms with Crippen molar-refractivity contribution in [1.82, 2.24) is 5.32 Å². The molecule has 1 N–H and O–H groups in total. The predicted molar refractivity (Wildman–Crippen MR) is 65.4 cm³/mol. The maximum absolute atomic E-state index is 5.33. The molecule has 15 heavy (non-hydrogen) atoms. The molecule has 0 spiro atoms. The van der Waals surface area contributed by atoms with Crippen molar-refractivity contribution in [2.75, 3.05) is 33.2 Å². The van der Waals surface area contributed by atoms with Crippen LogP contribution in [-0.4, -0.2) is 28.3 Å². The van der Waals surface area contributed by atoms with E-state index in [2.05, 4.69) is 11.9 Å². The van der Waals surface area contributed by atoms with Crippen molar-refractivity contribution in [1.29, 1.82) is 0 Å². The van der Waals surface area contributed by atoms with Crippen LogP contribution in [0, 0.1) is 0 Å². The minimum absolute atomic E-state index is 0.855. The standard InChI is InChI=1S/C12H18N2O/c1-9(13-2)10-6-7-11(14(3)4)12(8-10)15-5/h6-8,13H,1H2,2-5H3. The van der Waals surface area contributed by atoms with E-state index in [4.69, 9.17) is 4.74 Å². The van der Waals surface area contributed by atoms with Gasteiger partial charge >= 0.3 is 0 Å². The van der Waals surface area contributed by atoms with Gasteiger partial charge in [-0.3, -0.25) is 0 Å². The van der Waals surface area contributed by atoms with Gasteiger partial charge in [-0.2, -0.15) is 0 Å². The van der Waals surface area contributed by atoms with E-state index in [0.29, 0.717) is 0 Å². The summed E-state index contributed by atoms with van der Waals surface area (Å²) in [4.78, 5) is 2.02. The molecule has 1 aromatic carbocycles. The molecule has 0 saturated heterocycles. The predicted octanol–water partition coefficient (Wildman–Crippen LogP) is 1.95. The lowest BCUT2D eigenvalue weighted by molar-refractivity contribution is 0.415. The van der Waals surface area contributed by atoms with Crippen LogP contribution >= 0.6 is 0 Å². The molecule has 0 aromatic heterocycles. The number of ether oxygens (including phenoxy) is 1. The van der Waals surface area contributed by atoms with Gasteiger partial charge in [-0.1, -0.05) is 12.6 Å². The van der Waals surface area contributed by atoms with E-state index < -0.39 is 0 Å². The van der Waals surface area contributed by atoms with Crippen LogP contribution in [0.5, 0.6) is 5.75 Å². The van der Waals surface area contributed by atoms with E-state index >= 15 is 0 Å². The van der Waals surface area contributed by atoms with Crippen LogP contribution in [0.1, 0.15) is 5.56 Å². The third-order valence-electron chi connectivity index (χ3n) is 2.31. The fourth-order valence-electron chi connectivity index (χ4n) is 1.38. The Hall–Kier alpha value is -1.64. The Labute approximate surface area is 91.4 Å². The number of nitrogens with one attached hydrogen (secondary N) is 1. The molecule has 0 bridgehead atoms. The maximum atomic E-state index is 5.33. The maximum Gasteiger partial charge on any atom is 0.142 e. The molecular formula is C12H18N2O. The molecule has 0 radical (unpaired) electrons. The van der Waals surface area contributed by atoms with E-state index in [1.807, 2.05) is 44.2 Å². The SMILES string of the molecule is C=C(NC)c1ccc(N(C)C)c(OC)c1. The van der Waals surface area contributed by atoms with Gasteiger partial charge in [-0.25, -0.2) is 0 Å². The molecule has 0 heterocycles. The van der Waals surface area contributed by atoms with Crippen LogP contribution < -0.4 is 15.0 Å². The van der Waals surface area contributed by atoms with Gasteiger partial charge in [0.05, 0.1) is 12.8 Å². The fourth-order valence-corrected chi connectivity index (χ4v) is 1.38. The molecule has 0 aliphatic carbocycles. The number of anilines is 1. The Morgan fingerprint density at radius 2 is 2.07 bits per heavy atom. The minimum atomic E-state index is 0.855. The van der Waals surface area contributed by atoms with Gasteiger partial charge < -0.3 is 15.0 Å². The number of benzene rings is 1. The molecule has 82 valence electrons. The average molecular weight is 206 g/mol. The number of rotatable bonds is 4. The monoisotopic (exact) mass is 206 g/mol. The van der Waals surface area contributed by atoms with Crippen LogP contribution in [0.4, 0.5) is 5.69 Å². The van der Waals surface area contributed by atoms with E-state index in [9.17, 15) is 0 Å². The van der Waals surface area contributed by atoms with E-state index in [-0.39, 0.29) is 0 Å². The van der Waals surface area contributed by atoms with Crippen LogP contribution in [0.15, 0.2) is 24.8 Å². The van der Waals surface area contributed by atoms with E-state index in [1.54, 1.807) is 7.11 Å². The average Bonchev–Trinajstić information content (AvgIpc) is 2.26. The van der Waals surface area contributed by atoms with E-state index in [0.717, 1.165) is 22.7 Å². The molecule has 0 amide bonds. The number of hydrogen-bond donors (Lipinski definition) is 1. The van der Waals surface area contributed by atoms with Crippen LogP contribution in [0.3, 0.4) is 0 Å². The highest BCUT2D eigenvalue weighted by Crippen LogP contribution is 2.29. The third kappa shape index (κ3) is 2.43. The summed E-state index contributed by atoms with van der Waals surface area (Å²) in [7, 11) is 7.51. The van der Waals surface area contributed by atoms with Crippen molar-refractivity contribution in [3.05, 3.63) is 30.3 Å². The second-order valence-corrected chi connectivity index (χ2v) is 3.51. The molecule has 0 aliphatic rings. The van der Waals surface area contributed by atoms with Gasteiger partial charge in [-0.15, -0.1) is 0 Å². The van der Waals surface area contributed by atoms with Crippen LogP contribution in [0.25, 0.3) is 5.70 Å². The fraction of sp³-hybridized carbons (Fsp3) is 0.333. The zero-order valence-electron chi connectivity index (χ0n) is 9.79. The van der Waals surface area contributed by atoms with Crippen LogP contribution in [0.2, 0.25) is 0 Å². The van der Waals surface area contributed by atoms with Crippen molar-refractivity contribution in [2.24, 2.45) is 0 Å². The Morgan fingerprint density at radius 3 is 2.53 bits per heavy atom. The summed E-state index contributed by atoms with van der Waals surface area (Å²) in [6.45, 7) is 3.91. The molecule has 0 aliphatic heterocycles. The highest BCUT2D eigenvalue weighted by atomic mass is 16.5.